The summed E-state index contributed by atoms with van der Waals surface area (Å²) < 4.78 is 4.43. The average molecular weight is 200 g/mol. The minimum absolute atomic E-state index is 0.264. The van der Waals surface area contributed by atoms with Crippen LogP contribution < -0.4 is 0 Å². The lowest BCUT2D eigenvalue weighted by Gasteiger charge is -1.90. The van der Waals surface area contributed by atoms with Crippen LogP contribution in [0.3, 0.4) is 0 Å². The van der Waals surface area contributed by atoms with Crippen LogP contribution >= 0.6 is 0 Å². The molecule has 0 unspecified atom stereocenters. The molecule has 0 amide bonds. The predicted molar refractivity (Wildman–Crippen MR) is 53.9 cm³/mol. The van der Waals surface area contributed by atoms with E-state index in [1.54, 1.807) is 13.8 Å². The molecule has 0 heterocycles. The Morgan fingerprint density at radius 2 is 1.93 bits per heavy atom. The lowest BCUT2D eigenvalue weighted by molar-refractivity contribution is -0.137. The summed E-state index contributed by atoms with van der Waals surface area (Å²) in [6.07, 6.45) is 1.67. The Bertz CT molecular complexity index is 216. The van der Waals surface area contributed by atoms with E-state index in [4.69, 9.17) is 5.11 Å². The van der Waals surface area contributed by atoms with E-state index in [1.165, 1.54) is 0 Å². The zero-order valence-corrected chi connectivity index (χ0v) is 8.58. The molecule has 0 aromatic rings. The van der Waals surface area contributed by atoms with Crippen molar-refractivity contribution in [2.45, 2.75) is 20.3 Å². The van der Waals surface area contributed by atoms with Gasteiger partial charge in [-0.15, -0.1) is 0 Å². The van der Waals surface area contributed by atoms with E-state index in [2.05, 4.69) is 17.9 Å². The number of carboxylic acid groups (broad SMARTS) is 1. The van der Waals surface area contributed by atoms with Crippen LogP contribution in [0.25, 0.3) is 0 Å². The molecule has 0 saturated carbocycles. The number of carbonyl (C=O) groups excluding carboxylic acids is 1. The maximum Gasteiger partial charge on any atom is 0.330 e. The van der Waals surface area contributed by atoms with Gasteiger partial charge in [0.25, 0.3) is 0 Å². The molecule has 0 fully saturated rings. The van der Waals surface area contributed by atoms with Gasteiger partial charge < -0.3 is 9.84 Å². The van der Waals surface area contributed by atoms with Crippen molar-refractivity contribution in [3.8, 4) is 0 Å². The number of rotatable bonds is 4. The second-order valence-corrected chi connectivity index (χ2v) is 2.22. The first kappa shape index (κ1) is 14.9. The molecule has 0 aliphatic rings. The highest BCUT2D eigenvalue weighted by molar-refractivity contribution is 5.85. The molecule has 0 rings (SSSR count). The quantitative estimate of drug-likeness (QED) is 0.555. The molecule has 0 radical (unpaired) electrons. The summed E-state index contributed by atoms with van der Waals surface area (Å²) in [5.74, 6) is -1.26. The zero-order valence-electron chi connectivity index (χ0n) is 8.58. The highest BCUT2D eigenvalue weighted by atomic mass is 16.5. The van der Waals surface area contributed by atoms with Crippen molar-refractivity contribution in [3.63, 3.8) is 0 Å². The van der Waals surface area contributed by atoms with Crippen molar-refractivity contribution in [3.05, 3.63) is 24.8 Å². The second-order valence-electron chi connectivity index (χ2n) is 2.22. The van der Waals surface area contributed by atoms with Gasteiger partial charge in [0, 0.05) is 11.6 Å². The zero-order chi connectivity index (χ0) is 11.6. The molecular weight excluding hydrogens is 184 g/mol. The van der Waals surface area contributed by atoms with E-state index in [-0.39, 0.29) is 11.5 Å². The van der Waals surface area contributed by atoms with Crippen molar-refractivity contribution < 1.29 is 19.4 Å². The topological polar surface area (TPSA) is 63.6 Å². The van der Waals surface area contributed by atoms with Crippen LogP contribution in [0, 0.1) is 0 Å². The molecule has 1 N–H and O–H groups in total. The first-order valence-corrected chi connectivity index (χ1v) is 4.19. The Morgan fingerprint density at radius 1 is 1.43 bits per heavy atom. The third kappa shape index (κ3) is 10.4. The predicted octanol–water partition coefficient (Wildman–Crippen LogP) is 1.77. The fraction of sp³-hybridized carbons (Fsp3) is 0.400. The van der Waals surface area contributed by atoms with Crippen LogP contribution in [0.5, 0.6) is 0 Å². The molecule has 0 aromatic carbocycles. The Balaban J connectivity index is 0. The smallest absolute Gasteiger partial charge is 0.330 e. The molecule has 0 atom stereocenters. The largest absolute Gasteiger partial charge is 0.478 e. The van der Waals surface area contributed by atoms with Crippen LogP contribution in [-0.2, 0) is 14.3 Å². The summed E-state index contributed by atoms with van der Waals surface area (Å²) in [6.45, 7) is 10.4. The summed E-state index contributed by atoms with van der Waals surface area (Å²) in [7, 11) is 0. The standard InChI is InChI=1S/2C5H8O2/c1-3-5(6)7-4-2;1-3-4(2)5(6)7/h3H,1,4H2,2H3;2-3H2,1H3,(H,6,7). The Morgan fingerprint density at radius 3 is 2.00 bits per heavy atom. The molecular formula is C10H16O4. The molecule has 0 spiro atoms. The summed E-state index contributed by atoms with van der Waals surface area (Å²) >= 11 is 0. The van der Waals surface area contributed by atoms with Crippen molar-refractivity contribution >= 4 is 11.9 Å². The lowest BCUT2D eigenvalue weighted by atomic mass is 10.2. The Kier molecular flexibility index (Phi) is 10.1. The maximum atomic E-state index is 10.1. The van der Waals surface area contributed by atoms with Crippen molar-refractivity contribution in [1.29, 1.82) is 0 Å². The average Bonchev–Trinajstić information content (AvgIpc) is 2.17. The van der Waals surface area contributed by atoms with E-state index in [0.29, 0.717) is 13.0 Å². The Labute approximate surface area is 83.9 Å². The van der Waals surface area contributed by atoms with Gasteiger partial charge in [-0.3, -0.25) is 0 Å². The molecule has 4 nitrogen and oxygen atoms in total. The van der Waals surface area contributed by atoms with Gasteiger partial charge in [0.1, 0.15) is 0 Å². The maximum absolute atomic E-state index is 10.1. The minimum atomic E-state index is -0.900. The van der Waals surface area contributed by atoms with Gasteiger partial charge in [0.15, 0.2) is 0 Å². The van der Waals surface area contributed by atoms with Gasteiger partial charge in [0.05, 0.1) is 6.61 Å². The molecule has 4 heteroatoms. The highest BCUT2D eigenvalue weighted by Crippen LogP contribution is 1.93. The van der Waals surface area contributed by atoms with Crippen LogP contribution in [-0.4, -0.2) is 23.7 Å². The summed E-state index contributed by atoms with van der Waals surface area (Å²) in [5, 5.41) is 8.08. The third-order valence-electron chi connectivity index (χ3n) is 1.18. The van der Waals surface area contributed by atoms with Gasteiger partial charge in [0.2, 0.25) is 0 Å². The third-order valence-corrected chi connectivity index (χ3v) is 1.18. The first-order valence-electron chi connectivity index (χ1n) is 4.19. The van der Waals surface area contributed by atoms with Crippen molar-refractivity contribution in [2.24, 2.45) is 0 Å². The van der Waals surface area contributed by atoms with E-state index in [9.17, 15) is 9.59 Å². The first-order chi connectivity index (χ1) is 6.49. The van der Waals surface area contributed by atoms with Crippen molar-refractivity contribution in [2.75, 3.05) is 6.61 Å². The molecule has 0 aromatic heterocycles. The molecule has 0 saturated heterocycles. The van der Waals surface area contributed by atoms with E-state index < -0.39 is 5.97 Å². The fourth-order valence-corrected chi connectivity index (χ4v) is 0.352. The minimum Gasteiger partial charge on any atom is -0.478 e. The van der Waals surface area contributed by atoms with Crippen molar-refractivity contribution in [1.82, 2.24) is 0 Å². The normalized spacial score (nSPS) is 7.86. The van der Waals surface area contributed by atoms with Gasteiger partial charge in [-0.2, -0.15) is 0 Å². The number of carbonyl (C=O) groups is 2. The highest BCUT2D eigenvalue weighted by Gasteiger charge is 1.96. The number of hydrogen-bond acceptors (Lipinski definition) is 3. The molecule has 80 valence electrons. The van der Waals surface area contributed by atoms with Gasteiger partial charge in [-0.25, -0.2) is 9.59 Å². The Hall–Kier alpha value is -1.58. The van der Waals surface area contributed by atoms with Crippen LogP contribution in [0.2, 0.25) is 0 Å². The number of carboxylic acids is 1. The van der Waals surface area contributed by atoms with Crippen LogP contribution in [0.15, 0.2) is 24.8 Å². The van der Waals surface area contributed by atoms with Gasteiger partial charge in [-0.05, 0) is 13.3 Å². The lowest BCUT2D eigenvalue weighted by Crippen LogP contribution is -1.97. The van der Waals surface area contributed by atoms with E-state index in [0.717, 1.165) is 6.08 Å². The summed E-state index contributed by atoms with van der Waals surface area (Å²) in [5.41, 5.74) is 0.264. The van der Waals surface area contributed by atoms with Crippen LogP contribution in [0.4, 0.5) is 0 Å². The number of ether oxygens (including phenoxy) is 1. The number of esters is 1. The SMILES string of the molecule is C=C(CC)C(=O)O.C=CC(=O)OCC. The molecule has 0 aliphatic carbocycles. The molecule has 14 heavy (non-hydrogen) atoms. The monoisotopic (exact) mass is 200 g/mol. The van der Waals surface area contributed by atoms with Crippen LogP contribution in [0.1, 0.15) is 20.3 Å². The van der Waals surface area contributed by atoms with Gasteiger partial charge >= 0.3 is 11.9 Å². The van der Waals surface area contributed by atoms with E-state index >= 15 is 0 Å². The number of hydrogen-bond donors (Lipinski definition) is 1. The fourth-order valence-electron chi connectivity index (χ4n) is 0.352. The molecule has 0 aliphatic heterocycles. The van der Waals surface area contributed by atoms with E-state index in [1.807, 2.05) is 0 Å². The second kappa shape index (κ2) is 9.51. The summed E-state index contributed by atoms with van der Waals surface area (Å²) in [6, 6.07) is 0. The summed E-state index contributed by atoms with van der Waals surface area (Å²) in [4.78, 5) is 19.9. The van der Waals surface area contributed by atoms with Gasteiger partial charge in [-0.1, -0.05) is 20.1 Å². The molecule has 0 bridgehead atoms. The number of aliphatic carboxylic acids is 1.